The van der Waals surface area contributed by atoms with Gasteiger partial charge < -0.3 is 30.0 Å². The molecule has 15 nitrogen and oxygen atoms in total. The number of nitrogens with zero attached hydrogens (tertiary/aromatic N) is 3. The van der Waals surface area contributed by atoms with Crippen molar-refractivity contribution in [2.24, 2.45) is 0 Å². The van der Waals surface area contributed by atoms with Crippen LogP contribution in [0.4, 0.5) is 15.3 Å². The molecule has 0 aromatic heterocycles. The van der Waals surface area contributed by atoms with Gasteiger partial charge in [0.05, 0.1) is 43.8 Å². The van der Waals surface area contributed by atoms with Crippen molar-refractivity contribution in [3.8, 4) is 5.75 Å². The summed E-state index contributed by atoms with van der Waals surface area (Å²) in [4.78, 5) is 76.8. The Hall–Kier alpha value is -4.09. The number of urea groups is 2. The average Bonchev–Trinajstić information content (AvgIpc) is 3.27. The predicted molar refractivity (Wildman–Crippen MR) is 159 cm³/mol. The number of nitrogens with one attached hydrogen (secondary N) is 3. The molecule has 3 fully saturated rings. The van der Waals surface area contributed by atoms with E-state index in [1.807, 2.05) is 24.3 Å². The number of benzene rings is 2. The van der Waals surface area contributed by atoms with Crippen LogP contribution in [0.15, 0.2) is 59.8 Å². The van der Waals surface area contributed by atoms with E-state index in [1.54, 1.807) is 31.4 Å². The van der Waals surface area contributed by atoms with E-state index in [0.29, 0.717) is 17.0 Å². The first kappa shape index (κ1) is 34.3. The van der Waals surface area contributed by atoms with Gasteiger partial charge in [-0.05, 0) is 35.4 Å². The van der Waals surface area contributed by atoms with Crippen LogP contribution < -0.4 is 55.5 Å². The maximum absolute atomic E-state index is 13.1. The molecule has 240 valence electrons. The molecule has 2 aromatic carbocycles. The van der Waals surface area contributed by atoms with Crippen molar-refractivity contribution in [3.63, 3.8) is 0 Å². The second kappa shape index (κ2) is 13.9. The first-order valence-electron chi connectivity index (χ1n) is 14.3. The third-order valence-electron chi connectivity index (χ3n) is 8.07. The maximum atomic E-state index is 13.1. The largest absolute Gasteiger partial charge is 1.00 e. The number of rotatable bonds is 9. The minimum Gasteiger partial charge on any atom is -0.543 e. The van der Waals surface area contributed by atoms with Crippen LogP contribution in [0.3, 0.4) is 0 Å². The maximum Gasteiger partial charge on any atom is 1.00 e. The number of carboxylic acids is 1. The molecule has 0 radical (unpaired) electrons. The number of aliphatic carboxylic acids is 1. The average molecular weight is 673 g/mol. The number of carbonyl (C=O) groups excluding carboxylic acids is 6. The van der Waals surface area contributed by atoms with Gasteiger partial charge in [-0.2, -0.15) is 0 Å². The number of carbonyl (C=O) groups is 6. The zero-order chi connectivity index (χ0) is 32.7. The number of ether oxygens (including phenoxy) is 2. The Morgan fingerprint density at radius 3 is 2.53 bits per heavy atom. The number of hydrogen-bond donors (Lipinski definition) is 3. The molecule has 3 unspecified atom stereocenters. The Kier molecular flexibility index (Phi) is 10.2. The molecule has 4 aliphatic rings. The second-order valence-corrected chi connectivity index (χ2v) is 12.1. The molecule has 3 saturated heterocycles. The zero-order valence-electron chi connectivity index (χ0n) is 25.7. The SMILES string of the molecule is COc1ccc(C2NN3C(=O)N(C(=O)Nc4cccc(CC(=O)NC5C(=O)N6C(C(=O)[O-])=C(COC(C)=O)CS[C@@H]56)c4)CC23)cc1.[Na+]. The Morgan fingerprint density at radius 2 is 1.85 bits per heavy atom. The fraction of sp³-hybridized carbons (Fsp3) is 0.333. The molecule has 4 aliphatic heterocycles. The monoisotopic (exact) mass is 672 g/mol. The number of methoxy groups -OCH3 is 1. The molecular weight excluding hydrogens is 643 g/mol. The molecule has 47 heavy (non-hydrogen) atoms. The van der Waals surface area contributed by atoms with Crippen molar-refractivity contribution < 1.29 is 72.9 Å². The number of hydrazine groups is 1. The van der Waals surface area contributed by atoms with Gasteiger partial charge in [0.25, 0.3) is 5.91 Å². The predicted octanol–water partition coefficient (Wildman–Crippen LogP) is -2.89. The van der Waals surface area contributed by atoms with Gasteiger partial charge in [-0.3, -0.25) is 24.3 Å². The van der Waals surface area contributed by atoms with Crippen LogP contribution in [-0.2, 0) is 30.3 Å². The van der Waals surface area contributed by atoms with Crippen molar-refractivity contribution in [2.45, 2.75) is 36.8 Å². The first-order chi connectivity index (χ1) is 22.0. The third-order valence-corrected chi connectivity index (χ3v) is 9.41. The summed E-state index contributed by atoms with van der Waals surface area (Å²) in [6, 6.07) is 11.6. The zero-order valence-corrected chi connectivity index (χ0v) is 28.5. The van der Waals surface area contributed by atoms with Gasteiger partial charge in [0.1, 0.15) is 23.8 Å². The quantitative estimate of drug-likeness (QED) is 0.141. The van der Waals surface area contributed by atoms with Gasteiger partial charge in [-0.25, -0.2) is 19.9 Å². The minimum absolute atomic E-state index is 0. The van der Waals surface area contributed by atoms with Gasteiger partial charge >= 0.3 is 47.6 Å². The van der Waals surface area contributed by atoms with Crippen molar-refractivity contribution >= 4 is 53.3 Å². The Labute approximate surface area is 295 Å². The Morgan fingerprint density at radius 1 is 1.11 bits per heavy atom. The molecule has 3 N–H and O–H groups in total. The molecule has 0 spiro atoms. The molecule has 6 amide bonds. The fourth-order valence-corrected chi connectivity index (χ4v) is 7.11. The van der Waals surface area contributed by atoms with E-state index >= 15 is 0 Å². The summed E-state index contributed by atoms with van der Waals surface area (Å²) >= 11 is 1.24. The number of esters is 1. The van der Waals surface area contributed by atoms with Crippen LogP contribution in [-0.4, -0.2) is 94.1 Å². The molecular formula is C30H29N6NaO9S. The van der Waals surface area contributed by atoms with E-state index < -0.39 is 47.2 Å². The Bertz CT molecular complexity index is 1670. The van der Waals surface area contributed by atoms with E-state index in [9.17, 15) is 33.9 Å². The summed E-state index contributed by atoms with van der Waals surface area (Å²) in [7, 11) is 1.58. The first-order valence-corrected chi connectivity index (χ1v) is 15.3. The molecule has 4 heterocycles. The van der Waals surface area contributed by atoms with E-state index in [4.69, 9.17) is 9.47 Å². The summed E-state index contributed by atoms with van der Waals surface area (Å²) in [5, 5.41) is 17.9. The topological polar surface area (TPSA) is 190 Å². The van der Waals surface area contributed by atoms with Gasteiger partial charge in [0.15, 0.2) is 0 Å². The molecule has 17 heteroatoms. The van der Waals surface area contributed by atoms with Crippen molar-refractivity contribution in [2.75, 3.05) is 31.3 Å². The van der Waals surface area contributed by atoms with Crippen LogP contribution >= 0.6 is 11.8 Å². The van der Waals surface area contributed by atoms with E-state index in [1.165, 1.54) is 23.7 Å². The third kappa shape index (κ3) is 6.69. The fourth-order valence-electron chi connectivity index (χ4n) is 5.79. The number of carboxylic acid groups (broad SMARTS) is 1. The van der Waals surface area contributed by atoms with Gasteiger partial charge in [-0.15, -0.1) is 11.8 Å². The van der Waals surface area contributed by atoms with E-state index in [2.05, 4.69) is 16.1 Å². The number of fused-ring (bicyclic) bond motifs is 2. The normalized spacial score (nSPS) is 22.6. The molecule has 2 aromatic rings. The van der Waals surface area contributed by atoms with Gasteiger partial charge in [-0.1, -0.05) is 24.3 Å². The smallest absolute Gasteiger partial charge is 0.543 e. The molecule has 4 atom stereocenters. The second-order valence-electron chi connectivity index (χ2n) is 11.0. The van der Waals surface area contributed by atoms with Crippen LogP contribution in [0.25, 0.3) is 0 Å². The summed E-state index contributed by atoms with van der Waals surface area (Å²) in [6.07, 6.45) is -0.127. The molecule has 6 rings (SSSR count). The molecule has 0 saturated carbocycles. The van der Waals surface area contributed by atoms with Crippen LogP contribution in [0.2, 0.25) is 0 Å². The van der Waals surface area contributed by atoms with E-state index in [-0.39, 0.29) is 78.2 Å². The summed E-state index contributed by atoms with van der Waals surface area (Å²) in [5.41, 5.74) is 4.84. The van der Waals surface area contributed by atoms with Crippen molar-refractivity contribution in [3.05, 3.63) is 70.9 Å². The molecule has 0 bridgehead atoms. The van der Waals surface area contributed by atoms with E-state index in [0.717, 1.165) is 15.4 Å². The minimum atomic E-state index is -1.57. The standard InChI is InChI=1S/C30H30N6O9S.Na/c1-15(37)45-13-18-14-46-27-24(26(39)35(27)25(18)28(40)41)32-22(38)11-16-4-3-5-19(10-16)31-29(42)34-12-21-23(33-36(21)30(34)43)17-6-8-20(44-2)9-7-17;/h3-10,21,23-24,27,33H,11-14H2,1-2H3,(H,31,42)(H,32,38)(H,40,41);/q;+1/p-1/t21?,23?,24?,27-;/m0./s1. The summed E-state index contributed by atoms with van der Waals surface area (Å²) in [5.74, 6) is -2.37. The number of anilines is 1. The Balaban J connectivity index is 0.00000433. The summed E-state index contributed by atoms with van der Waals surface area (Å²) < 4.78 is 10.1. The number of imide groups is 1. The van der Waals surface area contributed by atoms with Gasteiger partial charge in [0.2, 0.25) is 5.91 Å². The number of hydrogen-bond acceptors (Lipinski definition) is 11. The van der Waals surface area contributed by atoms with Crippen LogP contribution in [0, 0.1) is 0 Å². The summed E-state index contributed by atoms with van der Waals surface area (Å²) in [6.45, 7) is 1.09. The van der Waals surface area contributed by atoms with Crippen LogP contribution in [0.5, 0.6) is 5.75 Å². The number of amides is 6. The van der Waals surface area contributed by atoms with Crippen LogP contribution in [0.1, 0.15) is 24.1 Å². The number of thioether (sulfide) groups is 1. The van der Waals surface area contributed by atoms with Crippen molar-refractivity contribution in [1.29, 1.82) is 0 Å². The van der Waals surface area contributed by atoms with Gasteiger partial charge in [0, 0.05) is 23.9 Å². The van der Waals surface area contributed by atoms with Crippen molar-refractivity contribution in [1.82, 2.24) is 25.6 Å². The number of β-lactam (4-membered cyclic amide) rings is 1. The molecule has 0 aliphatic carbocycles.